The summed E-state index contributed by atoms with van der Waals surface area (Å²) in [4.78, 5) is 24.3. The molecule has 1 N–H and O–H groups in total. The van der Waals surface area contributed by atoms with E-state index in [1.165, 1.54) is 16.3 Å². The number of nitrogens with zero attached hydrogens (tertiary/aromatic N) is 2. The molecule has 0 aliphatic rings. The number of aryl methyl sites for hydroxylation is 1. The Bertz CT molecular complexity index is 984. The number of ether oxygens (including phenoxy) is 1. The van der Waals surface area contributed by atoms with E-state index in [4.69, 9.17) is 4.74 Å². The van der Waals surface area contributed by atoms with Crippen molar-refractivity contribution in [1.29, 1.82) is 0 Å². The minimum atomic E-state index is -0.321. The molecule has 6 heteroatoms. The zero-order valence-corrected chi connectivity index (χ0v) is 15.8. The summed E-state index contributed by atoms with van der Waals surface area (Å²) in [5.41, 5.74) is 2.26. The molecule has 1 aromatic heterocycles. The number of methoxy groups -OCH3 is 1. The van der Waals surface area contributed by atoms with Crippen LogP contribution in [0.15, 0.2) is 71.5 Å². The minimum Gasteiger partial charge on any atom is -0.496 e. The van der Waals surface area contributed by atoms with E-state index in [0.717, 1.165) is 18.4 Å². The number of aromatic nitrogens is 2. The van der Waals surface area contributed by atoms with E-state index in [1.807, 2.05) is 42.5 Å². The number of rotatable bonds is 8. The number of hydrogen-bond acceptors (Lipinski definition) is 4. The molecule has 0 unspecified atom stereocenters. The fraction of sp³-hybridized carbons (Fsp3) is 0.227. The first-order chi connectivity index (χ1) is 13.7. The Kier molecular flexibility index (Phi) is 6.57. The zero-order chi connectivity index (χ0) is 19.8. The lowest BCUT2D eigenvalue weighted by Gasteiger charge is -2.10. The van der Waals surface area contributed by atoms with Crippen molar-refractivity contribution >= 4 is 5.91 Å². The summed E-state index contributed by atoms with van der Waals surface area (Å²) in [5, 5.41) is 7.18. The molecule has 2 aromatic carbocycles. The number of hydrogen-bond donors (Lipinski definition) is 1. The van der Waals surface area contributed by atoms with Gasteiger partial charge in [0.05, 0.1) is 12.8 Å². The highest BCUT2D eigenvalue weighted by atomic mass is 16.5. The molecule has 6 nitrogen and oxygen atoms in total. The number of para-hydroxylation sites is 1. The van der Waals surface area contributed by atoms with Crippen LogP contribution in [0.4, 0.5) is 0 Å². The van der Waals surface area contributed by atoms with Gasteiger partial charge in [0.15, 0.2) is 0 Å². The maximum absolute atomic E-state index is 12.2. The van der Waals surface area contributed by atoms with Crippen molar-refractivity contribution in [2.75, 3.05) is 13.7 Å². The molecular formula is C22H23N3O3. The van der Waals surface area contributed by atoms with E-state index in [1.54, 1.807) is 13.2 Å². The summed E-state index contributed by atoms with van der Waals surface area (Å²) in [6.45, 7) is 0.432. The van der Waals surface area contributed by atoms with Crippen molar-refractivity contribution in [2.45, 2.75) is 19.4 Å². The molecule has 144 valence electrons. The predicted octanol–water partition coefficient (Wildman–Crippen LogP) is 2.67. The highest BCUT2D eigenvalue weighted by molar-refractivity contribution is 5.75. The van der Waals surface area contributed by atoms with Crippen LogP contribution in [0.3, 0.4) is 0 Å². The van der Waals surface area contributed by atoms with Crippen LogP contribution in [0, 0.1) is 0 Å². The molecule has 0 aliphatic heterocycles. The number of amides is 1. The second kappa shape index (κ2) is 9.50. The molecule has 1 heterocycles. The summed E-state index contributed by atoms with van der Waals surface area (Å²) < 4.78 is 6.52. The fourth-order valence-corrected chi connectivity index (χ4v) is 2.92. The number of carbonyl (C=O) groups is 1. The molecule has 3 aromatic rings. The van der Waals surface area contributed by atoms with Crippen LogP contribution in [-0.4, -0.2) is 29.3 Å². The molecular weight excluding hydrogens is 354 g/mol. The number of nitrogens with one attached hydrogen (secondary N) is 1. The zero-order valence-electron chi connectivity index (χ0n) is 15.8. The molecule has 0 aliphatic carbocycles. The Morgan fingerprint density at radius 3 is 2.57 bits per heavy atom. The van der Waals surface area contributed by atoms with Gasteiger partial charge in [-0.15, -0.1) is 0 Å². The number of benzene rings is 2. The third kappa shape index (κ3) is 5.07. The van der Waals surface area contributed by atoms with Crippen molar-refractivity contribution in [2.24, 2.45) is 0 Å². The van der Waals surface area contributed by atoms with E-state index in [2.05, 4.69) is 22.5 Å². The topological polar surface area (TPSA) is 73.2 Å². The predicted molar refractivity (Wildman–Crippen MR) is 108 cm³/mol. The molecule has 0 saturated carbocycles. The van der Waals surface area contributed by atoms with Crippen molar-refractivity contribution in [3.05, 3.63) is 82.6 Å². The van der Waals surface area contributed by atoms with Crippen molar-refractivity contribution in [3.63, 3.8) is 0 Å². The average molecular weight is 377 g/mol. The lowest BCUT2D eigenvalue weighted by molar-refractivity contribution is -0.121. The largest absolute Gasteiger partial charge is 0.496 e. The normalized spacial score (nSPS) is 10.5. The van der Waals surface area contributed by atoms with E-state index in [0.29, 0.717) is 18.0 Å². The minimum absolute atomic E-state index is 0.118. The number of carbonyl (C=O) groups excluding carboxylic acids is 1. The van der Waals surface area contributed by atoms with Gasteiger partial charge in [-0.1, -0.05) is 42.5 Å². The molecule has 0 fully saturated rings. The van der Waals surface area contributed by atoms with Crippen LogP contribution >= 0.6 is 0 Å². The molecule has 28 heavy (non-hydrogen) atoms. The van der Waals surface area contributed by atoms with Crippen LogP contribution < -0.4 is 15.6 Å². The first kappa shape index (κ1) is 19.4. The summed E-state index contributed by atoms with van der Waals surface area (Å²) in [5.74, 6) is 0.422. The Hall–Kier alpha value is -3.41. The van der Waals surface area contributed by atoms with Crippen LogP contribution in [0.5, 0.6) is 5.75 Å². The van der Waals surface area contributed by atoms with Crippen LogP contribution in [0.25, 0.3) is 11.3 Å². The molecule has 3 rings (SSSR count). The first-order valence-corrected chi connectivity index (χ1v) is 9.19. The lowest BCUT2D eigenvalue weighted by atomic mass is 10.1. The van der Waals surface area contributed by atoms with Gasteiger partial charge in [-0.25, -0.2) is 4.68 Å². The SMILES string of the molecule is COc1ccccc1-c1ccc(=O)n(CC(=O)NCCCc2ccccc2)n1. The van der Waals surface area contributed by atoms with Crippen LogP contribution in [-0.2, 0) is 17.8 Å². The van der Waals surface area contributed by atoms with E-state index in [-0.39, 0.29) is 18.0 Å². The Morgan fingerprint density at radius 1 is 1.04 bits per heavy atom. The van der Waals surface area contributed by atoms with Gasteiger partial charge in [-0.2, -0.15) is 5.10 Å². The van der Waals surface area contributed by atoms with Gasteiger partial charge in [-0.3, -0.25) is 9.59 Å². The van der Waals surface area contributed by atoms with Gasteiger partial charge >= 0.3 is 0 Å². The molecule has 0 radical (unpaired) electrons. The summed E-state index contributed by atoms with van der Waals surface area (Å²) >= 11 is 0. The van der Waals surface area contributed by atoms with Gasteiger partial charge < -0.3 is 10.1 Å². The average Bonchev–Trinajstić information content (AvgIpc) is 2.73. The maximum atomic E-state index is 12.2. The molecule has 0 atom stereocenters. The highest BCUT2D eigenvalue weighted by Crippen LogP contribution is 2.27. The molecule has 0 saturated heterocycles. The maximum Gasteiger partial charge on any atom is 0.267 e. The fourth-order valence-electron chi connectivity index (χ4n) is 2.92. The smallest absolute Gasteiger partial charge is 0.267 e. The summed E-state index contributed by atoms with van der Waals surface area (Å²) in [6, 6.07) is 20.6. The second-order valence-electron chi connectivity index (χ2n) is 6.35. The Labute approximate surface area is 163 Å². The van der Waals surface area contributed by atoms with E-state index in [9.17, 15) is 9.59 Å². The monoisotopic (exact) mass is 377 g/mol. The van der Waals surface area contributed by atoms with Crippen LogP contribution in [0.2, 0.25) is 0 Å². The highest BCUT2D eigenvalue weighted by Gasteiger charge is 2.10. The Balaban J connectivity index is 1.60. The van der Waals surface area contributed by atoms with Gasteiger partial charge in [0, 0.05) is 18.2 Å². The summed E-state index contributed by atoms with van der Waals surface area (Å²) in [7, 11) is 1.58. The molecule has 0 bridgehead atoms. The van der Waals surface area contributed by atoms with Gasteiger partial charge in [0.25, 0.3) is 5.56 Å². The summed E-state index contributed by atoms with van der Waals surface area (Å²) in [6.07, 6.45) is 1.72. The lowest BCUT2D eigenvalue weighted by Crippen LogP contribution is -2.34. The molecule has 1 amide bonds. The second-order valence-corrected chi connectivity index (χ2v) is 6.35. The molecule has 0 spiro atoms. The third-order valence-electron chi connectivity index (χ3n) is 4.35. The van der Waals surface area contributed by atoms with E-state index < -0.39 is 0 Å². The van der Waals surface area contributed by atoms with Crippen molar-refractivity contribution < 1.29 is 9.53 Å². The van der Waals surface area contributed by atoms with Crippen LogP contribution in [0.1, 0.15) is 12.0 Å². The Morgan fingerprint density at radius 2 is 1.79 bits per heavy atom. The van der Waals surface area contributed by atoms with Gasteiger partial charge in [-0.05, 0) is 36.6 Å². The quantitative estimate of drug-likeness (QED) is 0.613. The van der Waals surface area contributed by atoms with E-state index >= 15 is 0 Å². The third-order valence-corrected chi connectivity index (χ3v) is 4.35. The standard InChI is InChI=1S/C22H23N3O3/c1-28-20-12-6-5-11-18(20)19-13-14-22(27)25(24-19)16-21(26)23-15-7-10-17-8-3-2-4-9-17/h2-6,8-9,11-14H,7,10,15-16H2,1H3,(H,23,26). The first-order valence-electron chi connectivity index (χ1n) is 9.19. The van der Waals surface area contributed by atoms with Gasteiger partial charge in [0.1, 0.15) is 12.3 Å². The van der Waals surface area contributed by atoms with Crippen molar-refractivity contribution in [1.82, 2.24) is 15.1 Å². The van der Waals surface area contributed by atoms with Crippen molar-refractivity contribution in [3.8, 4) is 17.0 Å². The van der Waals surface area contributed by atoms with Gasteiger partial charge in [0.2, 0.25) is 5.91 Å².